The van der Waals surface area contributed by atoms with E-state index >= 15 is 0 Å². The summed E-state index contributed by atoms with van der Waals surface area (Å²) in [6, 6.07) is 7.61. The van der Waals surface area contributed by atoms with Gasteiger partial charge in [0.15, 0.2) is 0 Å². The number of aromatic nitrogens is 2. The second-order valence-electron chi connectivity index (χ2n) is 6.17. The third kappa shape index (κ3) is 5.66. The van der Waals surface area contributed by atoms with Crippen molar-refractivity contribution in [3.8, 4) is 17.3 Å². The molecule has 0 radical (unpaired) electrons. The fraction of sp³-hybridized carbons (Fsp3) is 0.389. The molecule has 0 amide bonds. The molecule has 0 bridgehead atoms. The van der Waals surface area contributed by atoms with Crippen molar-refractivity contribution < 1.29 is 26.3 Å². The molecule has 1 aromatic heterocycles. The van der Waals surface area contributed by atoms with E-state index in [0.717, 1.165) is 19.1 Å². The molecule has 0 saturated heterocycles. The fourth-order valence-corrected chi connectivity index (χ4v) is 2.36. The summed E-state index contributed by atoms with van der Waals surface area (Å²) < 4.78 is 77.0. The van der Waals surface area contributed by atoms with E-state index < -0.39 is 24.0 Å². The van der Waals surface area contributed by atoms with Gasteiger partial charge in [-0.1, -0.05) is 12.1 Å². The van der Waals surface area contributed by atoms with Gasteiger partial charge in [0, 0.05) is 11.3 Å². The molecule has 2 rings (SSSR count). The van der Waals surface area contributed by atoms with E-state index in [9.17, 15) is 26.3 Å². The smallest absolute Gasteiger partial charge is 0.281 e. The second kappa shape index (κ2) is 8.56. The highest BCUT2D eigenvalue weighted by molar-refractivity contribution is 5.61. The maximum Gasteiger partial charge on any atom is 0.416 e. The zero-order chi connectivity index (χ0) is 20.9. The summed E-state index contributed by atoms with van der Waals surface area (Å²) in [5.41, 5.74) is -0.244. The summed E-state index contributed by atoms with van der Waals surface area (Å²) in [7, 11) is 0. The summed E-state index contributed by atoms with van der Waals surface area (Å²) in [6.45, 7) is 0.643. The highest BCUT2D eigenvalue weighted by atomic mass is 19.4. The Kier molecular flexibility index (Phi) is 6.61. The van der Waals surface area contributed by atoms with Crippen molar-refractivity contribution in [1.29, 1.82) is 5.26 Å². The number of rotatable bonds is 7. The number of benzene rings is 1. The molecule has 1 atom stereocenters. The van der Waals surface area contributed by atoms with E-state index in [0.29, 0.717) is 5.69 Å². The number of hydrogen-bond donors (Lipinski definition) is 1. The summed E-state index contributed by atoms with van der Waals surface area (Å²) in [4.78, 5) is 7.88. The Bertz CT molecular complexity index is 858. The Labute approximate surface area is 157 Å². The van der Waals surface area contributed by atoms with Crippen molar-refractivity contribution in [2.45, 2.75) is 38.2 Å². The van der Waals surface area contributed by atoms with Gasteiger partial charge < -0.3 is 0 Å². The van der Waals surface area contributed by atoms with Gasteiger partial charge in [0.1, 0.15) is 6.07 Å². The van der Waals surface area contributed by atoms with E-state index in [-0.39, 0.29) is 36.5 Å². The number of nitrogens with zero attached hydrogens (tertiary/aromatic N) is 3. The lowest BCUT2D eigenvalue weighted by Crippen LogP contribution is -2.44. The van der Waals surface area contributed by atoms with Crippen molar-refractivity contribution >= 4 is 0 Å². The van der Waals surface area contributed by atoms with Crippen LogP contribution in [-0.2, 0) is 12.6 Å². The molecule has 0 fully saturated rings. The number of halogens is 6. The molecule has 1 aromatic carbocycles. The fourth-order valence-electron chi connectivity index (χ4n) is 2.36. The van der Waals surface area contributed by atoms with Crippen LogP contribution in [0.3, 0.4) is 0 Å². The first-order chi connectivity index (χ1) is 13.0. The van der Waals surface area contributed by atoms with E-state index in [1.165, 1.54) is 18.2 Å². The van der Waals surface area contributed by atoms with Crippen LogP contribution in [0.1, 0.15) is 30.4 Å². The molecule has 150 valence electrons. The first-order valence-corrected chi connectivity index (χ1v) is 8.20. The summed E-state index contributed by atoms with van der Waals surface area (Å²) >= 11 is 0. The second-order valence-corrected chi connectivity index (χ2v) is 6.17. The highest BCUT2D eigenvalue weighted by Crippen LogP contribution is 2.31. The Balaban J connectivity index is 2.18. The number of alkyl halides is 6. The van der Waals surface area contributed by atoms with Crippen LogP contribution in [0, 0.1) is 11.3 Å². The predicted molar refractivity (Wildman–Crippen MR) is 89.0 cm³/mol. The van der Waals surface area contributed by atoms with Crippen molar-refractivity contribution in [1.82, 2.24) is 15.3 Å². The SMILES string of the molecule is CC(F)(NCCCc1cc(-c2cccc(C(F)(F)F)c2)nc(C#N)n1)C(F)F. The van der Waals surface area contributed by atoms with Gasteiger partial charge in [0.2, 0.25) is 11.6 Å². The van der Waals surface area contributed by atoms with Crippen molar-refractivity contribution in [2.24, 2.45) is 0 Å². The monoisotopic (exact) mass is 402 g/mol. The standard InChI is InChI=1S/C18H16F6N4/c1-17(21,16(19)20)26-7-3-6-13-9-14(28-15(10-25)27-13)11-4-2-5-12(8-11)18(22,23)24/h2,4-5,8-9,16,26H,3,6-7H2,1H3. The molecule has 0 saturated carbocycles. The highest BCUT2D eigenvalue weighted by Gasteiger charge is 2.33. The van der Waals surface area contributed by atoms with Gasteiger partial charge in [-0.2, -0.15) is 18.4 Å². The average molecular weight is 402 g/mol. The molecule has 1 N–H and O–H groups in total. The molecule has 0 spiro atoms. The van der Waals surface area contributed by atoms with Crippen molar-refractivity contribution in [3.63, 3.8) is 0 Å². The van der Waals surface area contributed by atoms with Gasteiger partial charge in [-0.15, -0.1) is 0 Å². The number of hydrogen-bond acceptors (Lipinski definition) is 4. The molecule has 10 heteroatoms. The number of nitrogens with one attached hydrogen (secondary N) is 1. The minimum atomic E-state index is -4.53. The van der Waals surface area contributed by atoms with Crippen LogP contribution in [0.5, 0.6) is 0 Å². The largest absolute Gasteiger partial charge is 0.416 e. The van der Waals surface area contributed by atoms with Gasteiger partial charge >= 0.3 is 6.18 Å². The molecule has 1 unspecified atom stereocenters. The number of nitriles is 1. The van der Waals surface area contributed by atoms with Crippen LogP contribution in [0.4, 0.5) is 26.3 Å². The van der Waals surface area contributed by atoms with Gasteiger partial charge in [-0.3, -0.25) is 5.32 Å². The van der Waals surface area contributed by atoms with Gasteiger partial charge in [0.05, 0.1) is 11.3 Å². The molecule has 2 aromatic rings. The average Bonchev–Trinajstić information content (AvgIpc) is 2.64. The maximum absolute atomic E-state index is 13.5. The molecular weight excluding hydrogens is 386 g/mol. The van der Waals surface area contributed by atoms with E-state index in [4.69, 9.17) is 5.26 Å². The van der Waals surface area contributed by atoms with Gasteiger partial charge in [0.25, 0.3) is 6.43 Å². The van der Waals surface area contributed by atoms with E-state index in [1.54, 1.807) is 6.07 Å². The lowest BCUT2D eigenvalue weighted by molar-refractivity contribution is -0.137. The molecule has 0 aliphatic carbocycles. The topological polar surface area (TPSA) is 61.6 Å². The third-order valence-electron chi connectivity index (χ3n) is 3.86. The van der Waals surface area contributed by atoms with E-state index in [2.05, 4.69) is 15.3 Å². The lowest BCUT2D eigenvalue weighted by Gasteiger charge is -2.20. The summed E-state index contributed by atoms with van der Waals surface area (Å²) in [5.74, 6) is -3.06. The first kappa shape index (κ1) is 21.6. The van der Waals surface area contributed by atoms with Gasteiger partial charge in [-0.25, -0.2) is 23.1 Å². The normalized spacial score (nSPS) is 14.0. The summed E-state index contributed by atoms with van der Waals surface area (Å²) in [6.07, 6.45) is -7.31. The molecule has 0 aliphatic rings. The van der Waals surface area contributed by atoms with Crippen LogP contribution < -0.4 is 5.32 Å². The van der Waals surface area contributed by atoms with Crippen LogP contribution in [0.25, 0.3) is 11.3 Å². The lowest BCUT2D eigenvalue weighted by atomic mass is 10.1. The quantitative estimate of drug-likeness (QED) is 0.421. The third-order valence-corrected chi connectivity index (χ3v) is 3.86. The minimum Gasteiger partial charge on any atom is -0.281 e. The molecule has 0 aliphatic heterocycles. The van der Waals surface area contributed by atoms with Crippen LogP contribution in [0.2, 0.25) is 0 Å². The molecule has 4 nitrogen and oxygen atoms in total. The summed E-state index contributed by atoms with van der Waals surface area (Å²) in [5, 5.41) is 11.1. The number of aryl methyl sites for hydroxylation is 1. The van der Waals surface area contributed by atoms with Crippen LogP contribution in [0.15, 0.2) is 30.3 Å². The zero-order valence-corrected chi connectivity index (χ0v) is 14.7. The van der Waals surface area contributed by atoms with Gasteiger partial charge in [-0.05, 0) is 44.5 Å². The minimum absolute atomic E-state index is 0.0812. The van der Waals surface area contributed by atoms with Crippen LogP contribution in [-0.4, -0.2) is 28.7 Å². The van der Waals surface area contributed by atoms with Crippen molar-refractivity contribution in [3.05, 3.63) is 47.4 Å². The van der Waals surface area contributed by atoms with Crippen molar-refractivity contribution in [2.75, 3.05) is 6.54 Å². The Morgan fingerprint density at radius 2 is 1.86 bits per heavy atom. The predicted octanol–water partition coefficient (Wildman–Crippen LogP) is 4.51. The van der Waals surface area contributed by atoms with Crippen LogP contribution >= 0.6 is 0 Å². The molecule has 1 heterocycles. The Morgan fingerprint density at radius 1 is 1.14 bits per heavy atom. The maximum atomic E-state index is 13.5. The van der Waals surface area contributed by atoms with E-state index in [1.807, 2.05) is 0 Å². The molecular formula is C18H16F6N4. The first-order valence-electron chi connectivity index (χ1n) is 8.20. The Hall–Kier alpha value is -2.67. The molecule has 28 heavy (non-hydrogen) atoms. The zero-order valence-electron chi connectivity index (χ0n) is 14.7. The Morgan fingerprint density at radius 3 is 2.46 bits per heavy atom.